The maximum absolute atomic E-state index is 12.0. The van der Waals surface area contributed by atoms with Crippen molar-refractivity contribution in [3.05, 3.63) is 48.0 Å². The molecule has 0 saturated carbocycles. The van der Waals surface area contributed by atoms with Crippen LogP contribution < -0.4 is 0 Å². The van der Waals surface area contributed by atoms with Crippen LogP contribution in [0.2, 0.25) is 0 Å². The van der Waals surface area contributed by atoms with Crippen LogP contribution in [0.25, 0.3) is 10.8 Å². The van der Waals surface area contributed by atoms with Crippen molar-refractivity contribution in [1.29, 1.82) is 0 Å². The second-order valence-corrected chi connectivity index (χ2v) is 5.68. The molecule has 2 aliphatic heterocycles. The maximum atomic E-state index is 12.0. The summed E-state index contributed by atoms with van der Waals surface area (Å²) >= 11 is 0. The van der Waals surface area contributed by atoms with Crippen molar-refractivity contribution >= 4 is 16.9 Å². The van der Waals surface area contributed by atoms with E-state index >= 15 is 0 Å². The van der Waals surface area contributed by atoms with Crippen LogP contribution >= 0.6 is 0 Å². The van der Waals surface area contributed by atoms with E-state index in [1.807, 2.05) is 18.2 Å². The number of hydrogen-bond acceptors (Lipinski definition) is 3. The Morgan fingerprint density at radius 1 is 1.19 bits per heavy atom. The first-order valence-electron chi connectivity index (χ1n) is 7.34. The molecule has 2 fully saturated rings. The number of epoxide rings is 1. The number of carbonyl (C=O) groups excluding carboxylic acids is 1. The molecule has 0 spiro atoms. The highest BCUT2D eigenvalue weighted by Crippen LogP contribution is 2.30. The van der Waals surface area contributed by atoms with Gasteiger partial charge in [-0.25, -0.2) is 4.79 Å². The number of fused-ring (bicyclic) bond motifs is 2. The number of benzene rings is 2. The largest absolute Gasteiger partial charge is 0.445 e. The molecule has 2 aromatic rings. The van der Waals surface area contributed by atoms with E-state index in [2.05, 4.69) is 24.3 Å². The average Bonchev–Trinajstić information content (AvgIpc) is 3.31. The van der Waals surface area contributed by atoms with Crippen LogP contribution in [0.15, 0.2) is 42.5 Å². The summed E-state index contributed by atoms with van der Waals surface area (Å²) in [6, 6.07) is 14.3. The molecular formula is C17H17NO3. The molecule has 2 heterocycles. The summed E-state index contributed by atoms with van der Waals surface area (Å²) in [5.41, 5.74) is 1.01. The smallest absolute Gasteiger partial charge is 0.410 e. The summed E-state index contributed by atoms with van der Waals surface area (Å²) in [5, 5.41) is 2.36. The summed E-state index contributed by atoms with van der Waals surface area (Å²) in [6.45, 7) is 1.72. The second kappa shape index (κ2) is 5.04. The fraction of sp³-hybridized carbons (Fsp3) is 0.353. The van der Waals surface area contributed by atoms with Gasteiger partial charge in [0, 0.05) is 6.54 Å². The first-order valence-corrected chi connectivity index (χ1v) is 7.34. The van der Waals surface area contributed by atoms with E-state index in [9.17, 15) is 4.79 Å². The van der Waals surface area contributed by atoms with Crippen molar-refractivity contribution in [1.82, 2.24) is 4.90 Å². The van der Waals surface area contributed by atoms with Crippen molar-refractivity contribution in [2.75, 3.05) is 13.1 Å². The van der Waals surface area contributed by atoms with Gasteiger partial charge in [-0.05, 0) is 28.8 Å². The molecule has 1 amide bonds. The molecule has 0 aliphatic carbocycles. The molecule has 4 rings (SSSR count). The van der Waals surface area contributed by atoms with Crippen molar-refractivity contribution < 1.29 is 14.3 Å². The molecule has 2 saturated heterocycles. The van der Waals surface area contributed by atoms with Crippen LogP contribution in [-0.2, 0) is 16.1 Å². The molecule has 0 radical (unpaired) electrons. The lowest BCUT2D eigenvalue weighted by Crippen LogP contribution is -2.39. The first kappa shape index (κ1) is 12.7. The van der Waals surface area contributed by atoms with E-state index in [0.29, 0.717) is 19.3 Å². The third-order valence-corrected chi connectivity index (χ3v) is 4.21. The lowest BCUT2D eigenvalue weighted by molar-refractivity contribution is 0.0921. The monoisotopic (exact) mass is 283 g/mol. The van der Waals surface area contributed by atoms with Crippen LogP contribution in [0.5, 0.6) is 0 Å². The van der Waals surface area contributed by atoms with Gasteiger partial charge in [-0.3, -0.25) is 0 Å². The van der Waals surface area contributed by atoms with E-state index in [1.165, 1.54) is 10.8 Å². The first-order chi connectivity index (χ1) is 10.3. The molecule has 2 aromatic carbocycles. The Hall–Kier alpha value is -2.07. The Morgan fingerprint density at radius 2 is 2.05 bits per heavy atom. The highest BCUT2D eigenvalue weighted by atomic mass is 16.6. The van der Waals surface area contributed by atoms with E-state index < -0.39 is 0 Å². The fourth-order valence-corrected chi connectivity index (χ4v) is 2.92. The van der Waals surface area contributed by atoms with Gasteiger partial charge in [0.2, 0.25) is 0 Å². The van der Waals surface area contributed by atoms with Gasteiger partial charge < -0.3 is 14.4 Å². The molecule has 21 heavy (non-hydrogen) atoms. The Balaban J connectivity index is 1.39. The van der Waals surface area contributed by atoms with Crippen molar-refractivity contribution in [3.8, 4) is 0 Å². The topological polar surface area (TPSA) is 42.1 Å². The normalized spacial score (nSPS) is 23.7. The molecule has 0 aromatic heterocycles. The van der Waals surface area contributed by atoms with E-state index in [-0.39, 0.29) is 12.2 Å². The number of rotatable bonds is 2. The van der Waals surface area contributed by atoms with Crippen LogP contribution in [0, 0.1) is 0 Å². The molecule has 4 nitrogen and oxygen atoms in total. The summed E-state index contributed by atoms with van der Waals surface area (Å²) < 4.78 is 10.8. The zero-order valence-corrected chi connectivity index (χ0v) is 11.7. The van der Waals surface area contributed by atoms with Gasteiger partial charge in [-0.2, -0.15) is 0 Å². The van der Waals surface area contributed by atoms with Crippen molar-refractivity contribution in [2.45, 2.75) is 25.2 Å². The minimum absolute atomic E-state index is 0.239. The van der Waals surface area contributed by atoms with E-state index in [0.717, 1.165) is 18.5 Å². The Kier molecular flexibility index (Phi) is 3.04. The number of likely N-dealkylation sites (tertiary alicyclic amines) is 1. The lowest BCUT2D eigenvalue weighted by Gasteiger charge is -2.23. The molecule has 0 N–H and O–H groups in total. The zero-order valence-electron chi connectivity index (χ0n) is 11.7. The van der Waals surface area contributed by atoms with Crippen molar-refractivity contribution in [3.63, 3.8) is 0 Å². The van der Waals surface area contributed by atoms with E-state index in [1.54, 1.807) is 4.90 Å². The second-order valence-electron chi connectivity index (χ2n) is 5.68. The van der Waals surface area contributed by atoms with Crippen LogP contribution in [0.1, 0.15) is 12.0 Å². The van der Waals surface area contributed by atoms with Gasteiger partial charge in [-0.15, -0.1) is 0 Å². The summed E-state index contributed by atoms with van der Waals surface area (Å²) in [6.07, 6.45) is 1.31. The SMILES string of the molecule is O=C(OCc1ccc2ccccc2c1)N1CCC2OC2C1. The number of carbonyl (C=O) groups is 1. The predicted molar refractivity (Wildman–Crippen MR) is 79.0 cm³/mol. The number of ether oxygens (including phenoxy) is 2. The summed E-state index contributed by atoms with van der Waals surface area (Å²) in [7, 11) is 0. The van der Waals surface area contributed by atoms with E-state index in [4.69, 9.17) is 9.47 Å². The minimum atomic E-state index is -0.239. The third kappa shape index (κ3) is 2.59. The molecule has 2 aliphatic rings. The zero-order chi connectivity index (χ0) is 14.2. The van der Waals surface area contributed by atoms with Gasteiger partial charge in [0.25, 0.3) is 0 Å². The number of piperidine rings is 1. The molecule has 4 heteroatoms. The number of nitrogens with zero attached hydrogens (tertiary/aromatic N) is 1. The molecule has 0 bridgehead atoms. The highest BCUT2D eigenvalue weighted by Gasteiger charge is 2.44. The average molecular weight is 283 g/mol. The van der Waals surface area contributed by atoms with Gasteiger partial charge in [-0.1, -0.05) is 36.4 Å². The Labute approximate surface area is 123 Å². The minimum Gasteiger partial charge on any atom is -0.445 e. The maximum Gasteiger partial charge on any atom is 0.410 e. The summed E-state index contributed by atoms with van der Waals surface area (Å²) in [5.74, 6) is 0. The van der Waals surface area contributed by atoms with Gasteiger partial charge in [0.1, 0.15) is 12.7 Å². The predicted octanol–water partition coefficient (Wildman–Crippen LogP) is 2.95. The lowest BCUT2D eigenvalue weighted by atomic mass is 10.1. The quantitative estimate of drug-likeness (QED) is 0.796. The fourth-order valence-electron chi connectivity index (χ4n) is 2.92. The highest BCUT2D eigenvalue weighted by molar-refractivity contribution is 5.83. The van der Waals surface area contributed by atoms with Crippen molar-refractivity contribution in [2.24, 2.45) is 0 Å². The molecule has 2 atom stereocenters. The van der Waals surface area contributed by atoms with Gasteiger partial charge >= 0.3 is 6.09 Å². The van der Waals surface area contributed by atoms with Crippen LogP contribution in [-0.4, -0.2) is 36.3 Å². The third-order valence-electron chi connectivity index (χ3n) is 4.21. The molecule has 2 unspecified atom stereocenters. The summed E-state index contributed by atoms with van der Waals surface area (Å²) in [4.78, 5) is 13.8. The Morgan fingerprint density at radius 3 is 2.90 bits per heavy atom. The van der Waals surface area contributed by atoms with Crippen LogP contribution in [0.4, 0.5) is 4.79 Å². The Bertz CT molecular complexity index is 685. The standard InChI is InChI=1S/C17H17NO3/c19-17(18-8-7-15-16(10-18)21-15)20-11-12-5-6-13-3-1-2-4-14(13)9-12/h1-6,9,15-16H,7-8,10-11H2. The number of amides is 1. The molecular weight excluding hydrogens is 266 g/mol. The van der Waals surface area contributed by atoms with Gasteiger partial charge in [0.15, 0.2) is 0 Å². The molecule has 108 valence electrons. The number of hydrogen-bond donors (Lipinski definition) is 0. The van der Waals surface area contributed by atoms with Crippen LogP contribution in [0.3, 0.4) is 0 Å². The van der Waals surface area contributed by atoms with Gasteiger partial charge in [0.05, 0.1) is 12.6 Å².